The van der Waals surface area contributed by atoms with E-state index in [0.717, 1.165) is 12.8 Å². The molecule has 20 heavy (non-hydrogen) atoms. The van der Waals surface area contributed by atoms with Crippen LogP contribution in [-0.2, 0) is 13.3 Å². The van der Waals surface area contributed by atoms with Crippen LogP contribution in [0.5, 0.6) is 0 Å². The summed E-state index contributed by atoms with van der Waals surface area (Å²) in [6.07, 6.45) is -2.44. The Hall–Kier alpha value is -0.113. The number of alkyl halides is 3. The van der Waals surface area contributed by atoms with Crippen molar-refractivity contribution in [1.29, 1.82) is 0 Å². The lowest BCUT2D eigenvalue weighted by molar-refractivity contribution is -0.135. The molecule has 0 amide bonds. The second kappa shape index (κ2) is 10.6. The van der Waals surface area contributed by atoms with Crippen LogP contribution in [0.4, 0.5) is 13.2 Å². The van der Waals surface area contributed by atoms with Gasteiger partial charge in [-0.1, -0.05) is 12.8 Å². The topological polar surface area (TPSA) is 27.7 Å². The van der Waals surface area contributed by atoms with E-state index in [-0.39, 0.29) is 6.42 Å². The summed E-state index contributed by atoms with van der Waals surface area (Å²) < 4.78 is 53.1. The van der Waals surface area contributed by atoms with Gasteiger partial charge < -0.3 is 13.3 Å². The molecule has 0 rings (SSSR count). The highest BCUT2D eigenvalue weighted by Crippen LogP contribution is 2.24. The van der Waals surface area contributed by atoms with Crippen LogP contribution in [0.25, 0.3) is 0 Å². The van der Waals surface area contributed by atoms with Gasteiger partial charge in [-0.2, -0.15) is 13.2 Å². The number of unbranched alkanes of at least 4 members (excludes halogenated alkanes) is 3. The third-order valence-corrected chi connectivity index (χ3v) is 5.94. The highest BCUT2D eigenvalue weighted by atomic mass is 28.4. The van der Waals surface area contributed by atoms with Crippen LogP contribution in [0.2, 0.25) is 6.04 Å². The Morgan fingerprint density at radius 1 is 0.750 bits per heavy atom. The fourth-order valence-electron chi connectivity index (χ4n) is 2.02. The Kier molecular flexibility index (Phi) is 10.5. The highest BCUT2D eigenvalue weighted by molar-refractivity contribution is 6.60. The van der Waals surface area contributed by atoms with Crippen molar-refractivity contribution in [3.63, 3.8) is 0 Å². The SMILES string of the molecule is CCO[Si](CCCCCCC(F)(F)F)(OCC)OCC. The predicted molar refractivity (Wildman–Crippen MR) is 74.6 cm³/mol. The molecule has 0 aromatic carbocycles. The summed E-state index contributed by atoms with van der Waals surface area (Å²) in [6, 6.07) is 0.675. The van der Waals surface area contributed by atoms with Crippen molar-refractivity contribution in [3.8, 4) is 0 Å². The van der Waals surface area contributed by atoms with E-state index in [1.54, 1.807) is 0 Å². The minimum Gasteiger partial charge on any atom is -0.374 e. The molecule has 0 aromatic rings. The maximum absolute atomic E-state index is 12.0. The van der Waals surface area contributed by atoms with Crippen molar-refractivity contribution in [1.82, 2.24) is 0 Å². The van der Waals surface area contributed by atoms with Gasteiger partial charge in [0.25, 0.3) is 0 Å². The molecule has 0 aliphatic heterocycles. The lowest BCUT2D eigenvalue weighted by Crippen LogP contribution is -2.45. The van der Waals surface area contributed by atoms with Gasteiger partial charge in [0.2, 0.25) is 0 Å². The van der Waals surface area contributed by atoms with Crippen LogP contribution in [0.15, 0.2) is 0 Å². The van der Waals surface area contributed by atoms with Gasteiger partial charge >= 0.3 is 15.0 Å². The third-order valence-electron chi connectivity index (χ3n) is 2.79. The molecule has 3 nitrogen and oxygen atoms in total. The van der Waals surface area contributed by atoms with Gasteiger partial charge in [-0.15, -0.1) is 0 Å². The van der Waals surface area contributed by atoms with E-state index < -0.39 is 21.4 Å². The molecule has 0 aliphatic rings. The normalized spacial score (nSPS) is 12.9. The van der Waals surface area contributed by atoms with Gasteiger partial charge in [0.1, 0.15) is 0 Å². The molecule has 0 aliphatic carbocycles. The molecule has 0 heterocycles. The number of rotatable bonds is 12. The Bertz CT molecular complexity index is 220. The van der Waals surface area contributed by atoms with E-state index in [9.17, 15) is 13.2 Å². The Labute approximate surface area is 121 Å². The van der Waals surface area contributed by atoms with E-state index in [1.807, 2.05) is 20.8 Å². The number of hydrogen-bond donors (Lipinski definition) is 0. The molecule has 0 aromatic heterocycles. The summed E-state index contributed by atoms with van der Waals surface area (Å²) in [5, 5.41) is 0. The fourth-order valence-corrected chi connectivity index (χ4v) is 4.71. The van der Waals surface area contributed by atoms with Crippen molar-refractivity contribution in [2.75, 3.05) is 19.8 Å². The van der Waals surface area contributed by atoms with Gasteiger partial charge in [0, 0.05) is 32.3 Å². The average Bonchev–Trinajstić information content (AvgIpc) is 2.33. The van der Waals surface area contributed by atoms with Crippen molar-refractivity contribution >= 4 is 8.80 Å². The van der Waals surface area contributed by atoms with Crippen LogP contribution in [0.3, 0.4) is 0 Å². The smallest absolute Gasteiger partial charge is 0.374 e. The van der Waals surface area contributed by atoms with Gasteiger partial charge in [0.15, 0.2) is 0 Å². The van der Waals surface area contributed by atoms with E-state index in [2.05, 4.69) is 0 Å². The quantitative estimate of drug-likeness (QED) is 0.390. The van der Waals surface area contributed by atoms with Gasteiger partial charge in [0.05, 0.1) is 0 Å². The average molecular weight is 316 g/mol. The first kappa shape index (κ1) is 19.9. The van der Waals surface area contributed by atoms with E-state index >= 15 is 0 Å². The summed E-state index contributed by atoms with van der Waals surface area (Å²) in [6.45, 7) is 7.26. The van der Waals surface area contributed by atoms with Crippen LogP contribution in [0.1, 0.15) is 52.9 Å². The van der Waals surface area contributed by atoms with Crippen molar-refractivity contribution < 1.29 is 26.4 Å². The summed E-state index contributed by atoms with van der Waals surface area (Å²) in [7, 11) is -2.61. The Balaban J connectivity index is 4.00. The summed E-state index contributed by atoms with van der Waals surface area (Å²) >= 11 is 0. The monoisotopic (exact) mass is 316 g/mol. The Morgan fingerprint density at radius 3 is 1.60 bits per heavy atom. The zero-order valence-electron chi connectivity index (χ0n) is 12.7. The lowest BCUT2D eigenvalue weighted by atomic mass is 10.1. The second-order valence-electron chi connectivity index (χ2n) is 4.51. The first-order valence-corrected chi connectivity index (χ1v) is 9.31. The maximum atomic E-state index is 12.0. The summed E-state index contributed by atoms with van der Waals surface area (Å²) in [5.74, 6) is 0. The van der Waals surface area contributed by atoms with Crippen molar-refractivity contribution in [2.24, 2.45) is 0 Å². The Morgan fingerprint density at radius 2 is 1.20 bits per heavy atom. The first-order chi connectivity index (χ1) is 9.39. The zero-order chi connectivity index (χ0) is 15.5. The zero-order valence-corrected chi connectivity index (χ0v) is 13.7. The van der Waals surface area contributed by atoms with Gasteiger partial charge in [-0.05, 0) is 33.6 Å². The van der Waals surface area contributed by atoms with E-state index in [0.29, 0.717) is 32.3 Å². The molecule has 0 atom stereocenters. The molecule has 0 unspecified atom stereocenters. The molecule has 0 saturated carbocycles. The molecular weight excluding hydrogens is 289 g/mol. The van der Waals surface area contributed by atoms with Gasteiger partial charge in [-0.25, -0.2) is 0 Å². The minimum atomic E-state index is -4.04. The van der Waals surface area contributed by atoms with Crippen molar-refractivity contribution in [3.05, 3.63) is 0 Å². The largest absolute Gasteiger partial charge is 0.500 e. The van der Waals surface area contributed by atoms with Crippen LogP contribution in [0, 0.1) is 0 Å². The van der Waals surface area contributed by atoms with Crippen LogP contribution < -0.4 is 0 Å². The third kappa shape index (κ3) is 9.74. The minimum absolute atomic E-state index is 0.190. The molecule has 0 spiro atoms. The lowest BCUT2D eigenvalue weighted by Gasteiger charge is -2.28. The molecule has 7 heteroatoms. The maximum Gasteiger partial charge on any atom is 0.500 e. The molecular formula is C13H27F3O3Si. The van der Waals surface area contributed by atoms with Crippen LogP contribution in [-0.4, -0.2) is 34.8 Å². The molecule has 0 bridgehead atoms. The molecule has 122 valence electrons. The molecule has 0 fully saturated rings. The number of hydrogen-bond acceptors (Lipinski definition) is 3. The van der Waals surface area contributed by atoms with E-state index in [1.165, 1.54) is 0 Å². The number of halogens is 3. The molecule has 0 saturated heterocycles. The summed E-state index contributed by atoms with van der Waals surface area (Å²) in [5.41, 5.74) is 0. The summed E-state index contributed by atoms with van der Waals surface area (Å²) in [4.78, 5) is 0. The fraction of sp³-hybridized carbons (Fsp3) is 1.00. The molecule has 0 radical (unpaired) electrons. The van der Waals surface area contributed by atoms with Crippen molar-refractivity contribution in [2.45, 2.75) is 65.1 Å². The first-order valence-electron chi connectivity index (χ1n) is 7.37. The standard InChI is InChI=1S/C13H27F3O3Si/c1-4-17-20(18-5-2,19-6-3)12-10-8-7-9-11-13(14,15)16/h4-12H2,1-3H3. The predicted octanol–water partition coefficient (Wildman–Crippen LogP) is 4.55. The van der Waals surface area contributed by atoms with E-state index in [4.69, 9.17) is 13.3 Å². The molecule has 0 N–H and O–H groups in total. The van der Waals surface area contributed by atoms with Crippen LogP contribution >= 0.6 is 0 Å². The van der Waals surface area contributed by atoms with Gasteiger partial charge in [-0.3, -0.25) is 0 Å². The second-order valence-corrected chi connectivity index (χ2v) is 7.24. The highest BCUT2D eigenvalue weighted by Gasteiger charge is 2.39.